The fourth-order valence-corrected chi connectivity index (χ4v) is 6.66. The number of nitrogens with one attached hydrogen (secondary N) is 1. The van der Waals surface area contributed by atoms with Gasteiger partial charge in [-0.05, 0) is 44.9 Å². The van der Waals surface area contributed by atoms with Gasteiger partial charge in [0, 0.05) is 23.5 Å². The van der Waals surface area contributed by atoms with E-state index in [1.807, 2.05) is 66.8 Å². The SMILES string of the molecule is Cc1ccc(CN2C(=O)c3ccccc3N[C@@H]2c2c(C)nn([C@@H]3CCS(=O)(=O)C3)c2C)cc1. The Labute approximate surface area is 194 Å². The Morgan fingerprint density at radius 3 is 2.48 bits per heavy atom. The molecule has 0 bridgehead atoms. The van der Waals surface area contributed by atoms with E-state index in [-0.39, 0.29) is 23.5 Å². The first-order valence-electron chi connectivity index (χ1n) is 11.2. The lowest BCUT2D eigenvalue weighted by Crippen LogP contribution is -2.42. The van der Waals surface area contributed by atoms with Crippen LogP contribution in [0, 0.1) is 20.8 Å². The Hall–Kier alpha value is -3.13. The maximum Gasteiger partial charge on any atom is 0.258 e. The Bertz CT molecular complexity index is 1330. The average molecular weight is 465 g/mol. The van der Waals surface area contributed by atoms with E-state index in [1.54, 1.807) is 0 Å². The largest absolute Gasteiger partial charge is 0.361 e. The molecule has 1 N–H and O–H groups in total. The molecule has 1 amide bonds. The second-order valence-electron chi connectivity index (χ2n) is 9.10. The van der Waals surface area contributed by atoms with Gasteiger partial charge in [0.25, 0.3) is 5.91 Å². The van der Waals surface area contributed by atoms with E-state index in [0.717, 1.165) is 28.2 Å². The molecule has 1 saturated heterocycles. The number of hydrogen-bond acceptors (Lipinski definition) is 5. The zero-order valence-corrected chi connectivity index (χ0v) is 19.9. The van der Waals surface area contributed by atoms with Crippen LogP contribution in [-0.2, 0) is 16.4 Å². The van der Waals surface area contributed by atoms with Crippen LogP contribution in [-0.4, -0.2) is 40.5 Å². The lowest BCUT2D eigenvalue weighted by molar-refractivity contribution is 0.0665. The topological polar surface area (TPSA) is 84.3 Å². The van der Waals surface area contributed by atoms with Gasteiger partial charge < -0.3 is 10.2 Å². The number of rotatable bonds is 4. The summed E-state index contributed by atoms with van der Waals surface area (Å²) in [4.78, 5) is 15.5. The van der Waals surface area contributed by atoms with Gasteiger partial charge in [0.1, 0.15) is 6.17 Å². The maximum absolute atomic E-state index is 13.6. The number of nitrogens with zero attached hydrogens (tertiary/aromatic N) is 3. The first-order chi connectivity index (χ1) is 15.7. The van der Waals surface area contributed by atoms with Crippen molar-refractivity contribution in [3.05, 3.63) is 82.2 Å². The van der Waals surface area contributed by atoms with Crippen LogP contribution >= 0.6 is 0 Å². The van der Waals surface area contributed by atoms with Crippen LogP contribution in [0.15, 0.2) is 48.5 Å². The van der Waals surface area contributed by atoms with Crippen LogP contribution in [0.5, 0.6) is 0 Å². The first kappa shape index (κ1) is 21.7. The summed E-state index contributed by atoms with van der Waals surface area (Å²) in [6.07, 6.45) is 0.164. The van der Waals surface area contributed by atoms with Crippen molar-refractivity contribution in [1.29, 1.82) is 0 Å². The fourth-order valence-electron chi connectivity index (χ4n) is 4.97. The molecule has 0 unspecified atom stereocenters. The monoisotopic (exact) mass is 464 g/mol. The van der Waals surface area contributed by atoms with Gasteiger partial charge in [0.05, 0.1) is 28.8 Å². The highest BCUT2D eigenvalue weighted by Gasteiger charge is 2.38. The van der Waals surface area contributed by atoms with Crippen LogP contribution in [0.4, 0.5) is 5.69 Å². The number of carbonyl (C=O) groups is 1. The van der Waals surface area contributed by atoms with Crippen LogP contribution in [0.3, 0.4) is 0 Å². The number of sulfone groups is 1. The lowest BCUT2D eigenvalue weighted by atomic mass is 10.0. The number of benzene rings is 2. The van der Waals surface area contributed by atoms with E-state index >= 15 is 0 Å². The number of anilines is 1. The van der Waals surface area contributed by atoms with Gasteiger partial charge >= 0.3 is 0 Å². The van der Waals surface area contributed by atoms with Crippen molar-refractivity contribution < 1.29 is 13.2 Å². The van der Waals surface area contributed by atoms with Crippen LogP contribution in [0.25, 0.3) is 0 Å². The highest BCUT2D eigenvalue weighted by atomic mass is 32.2. The minimum atomic E-state index is -3.03. The van der Waals surface area contributed by atoms with Gasteiger partial charge in [0.2, 0.25) is 0 Å². The normalized spacial score (nSPS) is 21.7. The van der Waals surface area contributed by atoms with E-state index in [2.05, 4.69) is 17.4 Å². The number of fused-ring (bicyclic) bond motifs is 1. The van der Waals surface area contributed by atoms with Gasteiger partial charge in [-0.2, -0.15) is 5.10 Å². The van der Waals surface area contributed by atoms with E-state index in [4.69, 9.17) is 5.10 Å². The predicted molar refractivity (Wildman–Crippen MR) is 128 cm³/mol. The Morgan fingerprint density at radius 1 is 1.06 bits per heavy atom. The number of hydrogen-bond donors (Lipinski definition) is 1. The third kappa shape index (κ3) is 3.93. The standard InChI is InChI=1S/C25H28N4O3S/c1-16-8-10-19(11-9-16)14-28-24(26-22-7-5-4-6-21(22)25(28)30)23-17(2)27-29(18(23)3)20-12-13-33(31,32)15-20/h4-11,20,24,26H,12-15H2,1-3H3/t20-,24+/m1/s1. The molecule has 0 radical (unpaired) electrons. The Morgan fingerprint density at radius 2 is 1.79 bits per heavy atom. The number of aromatic nitrogens is 2. The summed E-state index contributed by atoms with van der Waals surface area (Å²) in [5.41, 5.74) is 6.28. The highest BCUT2D eigenvalue weighted by molar-refractivity contribution is 7.91. The first-order valence-corrected chi connectivity index (χ1v) is 13.0. The number of aryl methyl sites for hydroxylation is 2. The summed E-state index contributed by atoms with van der Waals surface area (Å²) in [6.45, 7) is 6.39. The smallest absolute Gasteiger partial charge is 0.258 e. The van der Waals surface area contributed by atoms with Crippen LogP contribution < -0.4 is 5.32 Å². The number of para-hydroxylation sites is 1. The van der Waals surface area contributed by atoms with Crippen molar-refractivity contribution in [3.63, 3.8) is 0 Å². The third-order valence-electron chi connectivity index (χ3n) is 6.70. The molecule has 2 aromatic carbocycles. The molecular weight excluding hydrogens is 436 g/mol. The van der Waals surface area contributed by atoms with Crippen LogP contribution in [0.1, 0.15) is 57.1 Å². The Balaban J connectivity index is 1.57. The summed E-state index contributed by atoms with van der Waals surface area (Å²) >= 11 is 0. The summed E-state index contributed by atoms with van der Waals surface area (Å²) in [5.74, 6) is 0.268. The molecule has 2 aliphatic rings. The van der Waals surface area contributed by atoms with Gasteiger partial charge in [-0.15, -0.1) is 0 Å². The minimum Gasteiger partial charge on any atom is -0.361 e. The molecule has 8 heteroatoms. The molecular formula is C25H28N4O3S. The van der Waals surface area contributed by atoms with Gasteiger partial charge in [-0.1, -0.05) is 42.0 Å². The van der Waals surface area contributed by atoms with Crippen molar-refractivity contribution in [3.8, 4) is 0 Å². The average Bonchev–Trinajstić information content (AvgIpc) is 3.29. The van der Waals surface area contributed by atoms with Gasteiger partial charge in [0.15, 0.2) is 9.84 Å². The van der Waals surface area contributed by atoms with Crippen molar-refractivity contribution in [2.75, 3.05) is 16.8 Å². The van der Waals surface area contributed by atoms with E-state index in [0.29, 0.717) is 18.5 Å². The number of carbonyl (C=O) groups excluding carboxylic acids is 1. The molecule has 1 fully saturated rings. The molecule has 172 valence electrons. The van der Waals surface area contributed by atoms with Crippen molar-refractivity contribution >= 4 is 21.4 Å². The van der Waals surface area contributed by atoms with Gasteiger partial charge in [-0.3, -0.25) is 9.48 Å². The molecule has 0 aliphatic carbocycles. The second-order valence-corrected chi connectivity index (χ2v) is 11.3. The van der Waals surface area contributed by atoms with E-state index < -0.39 is 16.0 Å². The Kier molecular flexibility index (Phi) is 5.28. The molecule has 0 saturated carbocycles. The summed E-state index contributed by atoms with van der Waals surface area (Å²) < 4.78 is 26.0. The molecule has 3 aromatic rings. The molecule has 5 rings (SSSR count). The van der Waals surface area contributed by atoms with Crippen LogP contribution in [0.2, 0.25) is 0 Å². The quantitative estimate of drug-likeness (QED) is 0.632. The highest BCUT2D eigenvalue weighted by Crippen LogP contribution is 2.38. The van der Waals surface area contributed by atoms with Crippen molar-refractivity contribution in [2.45, 2.75) is 45.9 Å². The third-order valence-corrected chi connectivity index (χ3v) is 8.45. The maximum atomic E-state index is 13.6. The van der Waals surface area contributed by atoms with Crippen molar-refractivity contribution in [2.24, 2.45) is 0 Å². The summed E-state index contributed by atoms with van der Waals surface area (Å²) in [5, 5.41) is 8.30. The zero-order chi connectivity index (χ0) is 23.3. The van der Waals surface area contributed by atoms with Crippen molar-refractivity contribution in [1.82, 2.24) is 14.7 Å². The second kappa shape index (κ2) is 8.02. The molecule has 2 aliphatic heterocycles. The molecule has 33 heavy (non-hydrogen) atoms. The summed E-state index contributed by atoms with van der Waals surface area (Å²) in [7, 11) is -3.03. The number of amides is 1. The van der Waals surface area contributed by atoms with E-state index in [9.17, 15) is 13.2 Å². The molecule has 7 nitrogen and oxygen atoms in total. The fraction of sp³-hybridized carbons (Fsp3) is 0.360. The minimum absolute atomic E-state index is 0.0371. The molecule has 2 atom stereocenters. The van der Waals surface area contributed by atoms with Gasteiger partial charge in [-0.25, -0.2) is 8.42 Å². The molecule has 1 aromatic heterocycles. The van der Waals surface area contributed by atoms with E-state index in [1.165, 1.54) is 5.56 Å². The molecule has 3 heterocycles. The zero-order valence-electron chi connectivity index (χ0n) is 19.1. The summed E-state index contributed by atoms with van der Waals surface area (Å²) in [6, 6.07) is 15.6. The lowest BCUT2D eigenvalue weighted by Gasteiger charge is -2.38. The predicted octanol–water partition coefficient (Wildman–Crippen LogP) is 3.93. The molecule has 0 spiro atoms.